The Morgan fingerprint density at radius 1 is 0.270 bits per heavy atom. The molecule has 74 heavy (non-hydrogen) atoms. The van der Waals surface area contributed by atoms with Crippen LogP contribution >= 0.6 is 0 Å². The fourth-order valence-electron chi connectivity index (χ4n) is 9.78. The predicted molar refractivity (Wildman–Crippen MR) is 307 cm³/mol. The average molecular weight is 1030 g/mol. The summed E-state index contributed by atoms with van der Waals surface area (Å²) in [4.78, 5) is 21.8. The van der Waals surface area contributed by atoms with E-state index in [2.05, 4.69) is 64.1 Å². The number of aliphatic carboxylic acids is 2. The van der Waals surface area contributed by atoms with Gasteiger partial charge in [-0.25, -0.2) is 0 Å². The van der Waals surface area contributed by atoms with Gasteiger partial charge in [0.15, 0.2) is 34.5 Å². The normalized spacial score (nSPS) is 11.5. The van der Waals surface area contributed by atoms with Crippen LogP contribution in [0.2, 0.25) is 0 Å². The van der Waals surface area contributed by atoms with Crippen LogP contribution < -0.4 is 28.4 Å². The van der Waals surface area contributed by atoms with Crippen LogP contribution in [0, 0.1) is 0 Å². The highest BCUT2D eigenvalue weighted by Crippen LogP contribution is 2.47. The van der Waals surface area contributed by atoms with Crippen LogP contribution in [0.4, 0.5) is 0 Å². The van der Waals surface area contributed by atoms with Gasteiger partial charge in [0.25, 0.3) is 0 Å². The van der Waals surface area contributed by atoms with Crippen LogP contribution in [-0.4, -0.2) is 61.8 Å². The fraction of sp³-hybridized carbons (Fsp3) is 0.688. The summed E-state index contributed by atoms with van der Waals surface area (Å²) in [5.41, 5.74) is 0. The van der Waals surface area contributed by atoms with E-state index in [1.807, 2.05) is 0 Å². The van der Waals surface area contributed by atoms with E-state index in [9.17, 15) is 9.59 Å². The highest BCUT2D eigenvalue weighted by Gasteiger charge is 2.21. The number of unbranched alkanes of at least 4 members (excludes halogenated alkanes) is 26. The van der Waals surface area contributed by atoms with Crippen molar-refractivity contribution in [1.29, 1.82) is 0 Å². The molecule has 0 fully saturated rings. The summed E-state index contributed by atoms with van der Waals surface area (Å²) in [7, 11) is 0. The molecule has 0 heterocycles. The lowest BCUT2D eigenvalue weighted by atomic mass is 9.93. The van der Waals surface area contributed by atoms with Gasteiger partial charge in [0.1, 0.15) is 0 Å². The second kappa shape index (κ2) is 38.9. The van der Waals surface area contributed by atoms with Crippen molar-refractivity contribution < 1.29 is 48.2 Å². The smallest absolute Gasteiger partial charge is 0.303 e. The van der Waals surface area contributed by atoms with Crippen molar-refractivity contribution in [2.45, 2.75) is 246 Å². The molecule has 0 amide bonds. The zero-order valence-electron chi connectivity index (χ0n) is 46.9. The van der Waals surface area contributed by atoms with Gasteiger partial charge in [0.05, 0.1) is 39.6 Å². The molecule has 0 saturated heterocycles. The Kier molecular flexibility index (Phi) is 32.5. The summed E-state index contributed by atoms with van der Waals surface area (Å²) in [6, 6.07) is 13.2. The quantitative estimate of drug-likeness (QED) is 0.0326. The first-order valence-corrected chi connectivity index (χ1v) is 30.1. The molecule has 4 rings (SSSR count). The Balaban J connectivity index is 1.78. The number of rotatable bonds is 48. The van der Waals surface area contributed by atoms with Crippen LogP contribution in [-0.2, 0) is 9.59 Å². The summed E-state index contributed by atoms with van der Waals surface area (Å²) in [5.74, 6) is 3.17. The van der Waals surface area contributed by atoms with Crippen molar-refractivity contribution in [3.8, 4) is 34.5 Å². The molecule has 0 spiro atoms. The zero-order valence-corrected chi connectivity index (χ0v) is 46.9. The maximum Gasteiger partial charge on any atom is 0.303 e. The minimum atomic E-state index is -0.708. The molecular formula is C64H100O10. The minimum absolute atomic E-state index is 0.259. The third kappa shape index (κ3) is 23.9. The standard InChI is InChI=1S/C64H100O10/c1-5-9-13-31-39-69-57-45-51-52-46-58(70-40-32-14-10-6-2)60(72-42-34-16-12-8-4)48-54(52)56-50-62(74-44-36-28-24-20-18-22-26-30-38-64(67)68)61(73-43-35-27-23-19-17-21-25-29-37-63(65)66)49-55(56)53(51)47-59(57)71-41-33-15-11-7-3/h45-50H,5-44H2,1-4H3,(H,65,66)(H,67,68). The highest BCUT2D eigenvalue weighted by molar-refractivity contribution is 6.26. The summed E-state index contributed by atoms with van der Waals surface area (Å²) in [6.07, 6.45) is 34.8. The molecule has 0 saturated carbocycles. The van der Waals surface area contributed by atoms with E-state index in [1.54, 1.807) is 0 Å². The Hall–Kier alpha value is -4.60. The van der Waals surface area contributed by atoms with Gasteiger partial charge < -0.3 is 38.6 Å². The first-order valence-electron chi connectivity index (χ1n) is 30.1. The lowest BCUT2D eigenvalue weighted by molar-refractivity contribution is -0.138. The molecule has 0 radical (unpaired) electrons. The van der Waals surface area contributed by atoms with Crippen molar-refractivity contribution in [3.05, 3.63) is 36.4 Å². The third-order valence-corrected chi connectivity index (χ3v) is 14.2. The van der Waals surface area contributed by atoms with E-state index in [1.165, 1.54) is 51.4 Å². The highest BCUT2D eigenvalue weighted by atomic mass is 16.5. The number of hydrogen-bond acceptors (Lipinski definition) is 8. The minimum Gasteiger partial charge on any atom is -0.490 e. The SMILES string of the molecule is CCCCCCOc1cc2c3cc(OCCCCCC)c(OCCCCCC)cc3c3cc(OCCCCCCCCCCC(=O)O)c(OCCCCCCCCCCC(=O)O)cc3c2cc1OCCCCCC. The topological polar surface area (TPSA) is 130 Å². The van der Waals surface area contributed by atoms with E-state index >= 15 is 0 Å². The monoisotopic (exact) mass is 1030 g/mol. The molecule has 416 valence electrons. The maximum atomic E-state index is 10.9. The number of fused-ring (bicyclic) bond motifs is 6. The van der Waals surface area contributed by atoms with Gasteiger partial charge >= 0.3 is 11.9 Å². The van der Waals surface area contributed by atoms with Crippen LogP contribution in [0.15, 0.2) is 36.4 Å². The number of carboxylic acids is 2. The second-order valence-corrected chi connectivity index (χ2v) is 20.8. The molecule has 0 aliphatic carbocycles. The van der Waals surface area contributed by atoms with E-state index in [4.69, 9.17) is 38.6 Å². The van der Waals surface area contributed by atoms with E-state index < -0.39 is 11.9 Å². The Labute approximate surface area is 447 Å². The van der Waals surface area contributed by atoms with Gasteiger partial charge in [-0.05, 0) is 120 Å². The van der Waals surface area contributed by atoms with Gasteiger partial charge in [-0.1, -0.05) is 182 Å². The van der Waals surface area contributed by atoms with E-state index in [0.29, 0.717) is 39.6 Å². The third-order valence-electron chi connectivity index (χ3n) is 14.2. The summed E-state index contributed by atoms with van der Waals surface area (Å²) < 4.78 is 40.3. The van der Waals surface area contributed by atoms with Gasteiger partial charge in [0, 0.05) is 12.8 Å². The average Bonchev–Trinajstić information content (AvgIpc) is 3.39. The Morgan fingerprint density at radius 3 is 0.608 bits per heavy atom. The van der Waals surface area contributed by atoms with Gasteiger partial charge in [-0.15, -0.1) is 0 Å². The van der Waals surface area contributed by atoms with Crippen molar-refractivity contribution in [2.75, 3.05) is 39.6 Å². The molecule has 10 heteroatoms. The molecule has 0 unspecified atom stereocenters. The first kappa shape index (κ1) is 61.9. The number of carbonyl (C=O) groups is 2. The van der Waals surface area contributed by atoms with Gasteiger partial charge in [0.2, 0.25) is 0 Å². The number of ether oxygens (including phenoxy) is 6. The molecule has 0 bridgehead atoms. The summed E-state index contributed by atoms with van der Waals surface area (Å²) in [6.45, 7) is 12.6. The van der Waals surface area contributed by atoms with Gasteiger partial charge in [-0.3, -0.25) is 9.59 Å². The molecule has 4 aromatic rings. The lowest BCUT2D eigenvalue weighted by Crippen LogP contribution is -2.05. The fourth-order valence-corrected chi connectivity index (χ4v) is 9.78. The second-order valence-electron chi connectivity index (χ2n) is 20.8. The molecule has 0 aromatic heterocycles. The van der Waals surface area contributed by atoms with E-state index in [0.717, 1.165) is 221 Å². The van der Waals surface area contributed by atoms with Crippen molar-refractivity contribution in [2.24, 2.45) is 0 Å². The van der Waals surface area contributed by atoms with E-state index in [-0.39, 0.29) is 12.8 Å². The molecule has 0 aliphatic rings. The molecule has 0 aliphatic heterocycles. The number of benzene rings is 4. The van der Waals surface area contributed by atoms with Crippen LogP contribution in [0.3, 0.4) is 0 Å². The summed E-state index contributed by atoms with van der Waals surface area (Å²) >= 11 is 0. The molecular weight excluding hydrogens is 929 g/mol. The van der Waals surface area contributed by atoms with Crippen LogP contribution in [0.5, 0.6) is 34.5 Å². The molecule has 0 atom stereocenters. The molecule has 2 N–H and O–H groups in total. The zero-order chi connectivity index (χ0) is 52.9. The van der Waals surface area contributed by atoms with Crippen LogP contribution in [0.1, 0.15) is 246 Å². The molecule has 10 nitrogen and oxygen atoms in total. The largest absolute Gasteiger partial charge is 0.490 e. The number of carboxylic acid groups (broad SMARTS) is 2. The Morgan fingerprint density at radius 2 is 0.432 bits per heavy atom. The lowest BCUT2D eigenvalue weighted by Gasteiger charge is -2.21. The molecule has 4 aromatic carbocycles. The van der Waals surface area contributed by atoms with Crippen molar-refractivity contribution in [3.63, 3.8) is 0 Å². The van der Waals surface area contributed by atoms with Gasteiger partial charge in [-0.2, -0.15) is 0 Å². The summed E-state index contributed by atoms with van der Waals surface area (Å²) in [5, 5.41) is 24.4. The Bertz CT molecular complexity index is 2000. The maximum absolute atomic E-state index is 10.9. The van der Waals surface area contributed by atoms with Crippen molar-refractivity contribution >= 4 is 44.3 Å². The van der Waals surface area contributed by atoms with Crippen LogP contribution in [0.25, 0.3) is 32.3 Å². The predicted octanol–water partition coefficient (Wildman–Crippen LogP) is 18.9. The number of hydrogen-bond donors (Lipinski definition) is 2. The first-order chi connectivity index (χ1) is 36.3. The van der Waals surface area contributed by atoms with Crippen molar-refractivity contribution in [1.82, 2.24) is 0 Å².